The molecule has 0 unspecified atom stereocenters. The van der Waals surface area contributed by atoms with Gasteiger partial charge >= 0.3 is 0 Å². The first kappa shape index (κ1) is 39.0. The van der Waals surface area contributed by atoms with Crippen LogP contribution in [0.5, 0.6) is 5.75 Å². The summed E-state index contributed by atoms with van der Waals surface area (Å²) in [4.78, 5) is 14.3. The predicted molar refractivity (Wildman–Crippen MR) is 168 cm³/mol. The van der Waals surface area contributed by atoms with Crippen molar-refractivity contribution in [1.29, 1.82) is 0 Å². The summed E-state index contributed by atoms with van der Waals surface area (Å²) in [7, 11) is -0.774. The van der Waals surface area contributed by atoms with E-state index in [1.54, 1.807) is 25.3 Å². The Balaban J connectivity index is 0. The highest BCUT2D eigenvalue weighted by Crippen LogP contribution is 2.37. The van der Waals surface area contributed by atoms with E-state index in [0.717, 1.165) is 16.9 Å². The Bertz CT molecular complexity index is 863. The normalized spacial score (nSPS) is 10.2. The summed E-state index contributed by atoms with van der Waals surface area (Å²) < 4.78 is 17.5. The van der Waals surface area contributed by atoms with Gasteiger partial charge in [0.2, 0.25) is 0 Å². The number of carbonyl (C=O) groups is 1. The summed E-state index contributed by atoms with van der Waals surface area (Å²) in [6.45, 7) is 16.8. The highest BCUT2D eigenvalue weighted by molar-refractivity contribution is 7.62. The molecule has 2 aromatic rings. The maximum atomic E-state index is 12.5. The smallest absolute Gasteiger partial charge is 0.260 e. The van der Waals surface area contributed by atoms with Crippen molar-refractivity contribution in [2.45, 2.75) is 93.2 Å². The summed E-state index contributed by atoms with van der Waals surface area (Å²) in [6.07, 6.45) is 8.47. The van der Waals surface area contributed by atoms with E-state index in [-0.39, 0.29) is 13.1 Å². The standard InChI is InChI=1S/C20H27N2O4P.C6H14.C4H10.C2H6/c1-26-19-11-9-18(10-12-19)13-21(16-27(2,3)25)15-20(23)22(24)14-17-7-5-4-6-8-17;1-3-5-6-4-2;1-3-4-2;1-2/h4-12,24H,13-16H2,1-3H3;3-6H2,1-2H3;3-4H2,1-2H3;1-2H3. The Morgan fingerprint density at radius 1 is 0.795 bits per heavy atom. The molecule has 0 spiro atoms. The minimum absolute atomic E-state index is 0.0129. The molecule has 0 saturated heterocycles. The molecular formula is C32H57N2O4P. The van der Waals surface area contributed by atoms with Gasteiger partial charge in [0, 0.05) is 6.54 Å². The van der Waals surface area contributed by atoms with Crippen LogP contribution >= 0.6 is 7.14 Å². The number of rotatable bonds is 13. The number of nitrogens with zero attached hydrogens (tertiary/aromatic N) is 2. The predicted octanol–water partition coefficient (Wildman–Crippen LogP) is 8.91. The topological polar surface area (TPSA) is 70.1 Å². The largest absolute Gasteiger partial charge is 0.497 e. The van der Waals surface area contributed by atoms with Crippen LogP contribution in [0.1, 0.15) is 91.2 Å². The van der Waals surface area contributed by atoms with Crippen molar-refractivity contribution in [3.05, 3.63) is 65.7 Å². The van der Waals surface area contributed by atoms with Crippen LogP contribution in [0.3, 0.4) is 0 Å². The summed E-state index contributed by atoms with van der Waals surface area (Å²) in [5.41, 5.74) is 1.82. The summed E-state index contributed by atoms with van der Waals surface area (Å²) in [6, 6.07) is 16.8. The number of hydrogen-bond acceptors (Lipinski definition) is 5. The summed E-state index contributed by atoms with van der Waals surface area (Å²) in [5.74, 6) is 0.322. The fourth-order valence-corrected chi connectivity index (χ4v) is 4.41. The van der Waals surface area contributed by atoms with Crippen LogP contribution in [-0.2, 0) is 22.4 Å². The van der Waals surface area contributed by atoms with Crippen LogP contribution in [0.2, 0.25) is 0 Å². The van der Waals surface area contributed by atoms with Gasteiger partial charge in [-0.3, -0.25) is 14.9 Å². The average molecular weight is 565 g/mol. The van der Waals surface area contributed by atoms with Crippen LogP contribution in [0.25, 0.3) is 0 Å². The van der Waals surface area contributed by atoms with Crippen molar-refractivity contribution >= 4 is 13.0 Å². The second-order valence-electron chi connectivity index (χ2n) is 9.69. The van der Waals surface area contributed by atoms with Gasteiger partial charge in [-0.1, -0.05) is 123 Å². The molecule has 0 aliphatic heterocycles. The van der Waals surface area contributed by atoms with Gasteiger partial charge < -0.3 is 9.30 Å². The third-order valence-electron chi connectivity index (χ3n) is 5.38. The van der Waals surface area contributed by atoms with Crippen molar-refractivity contribution in [3.8, 4) is 5.75 Å². The second-order valence-corrected chi connectivity index (χ2v) is 13.1. The molecule has 0 heterocycles. The Morgan fingerprint density at radius 3 is 1.69 bits per heavy atom. The van der Waals surface area contributed by atoms with Crippen LogP contribution < -0.4 is 4.74 Å². The lowest BCUT2D eigenvalue weighted by Crippen LogP contribution is -2.38. The van der Waals surface area contributed by atoms with Crippen LogP contribution in [0.4, 0.5) is 0 Å². The fourth-order valence-electron chi connectivity index (χ4n) is 3.24. The lowest BCUT2D eigenvalue weighted by atomic mass is 10.2. The van der Waals surface area contributed by atoms with Gasteiger partial charge in [0.15, 0.2) is 0 Å². The van der Waals surface area contributed by atoms with Gasteiger partial charge in [-0.15, -0.1) is 0 Å². The SMILES string of the molecule is CC.CCCC.CCCCCC.COc1ccc(CN(CC(=O)N(O)Cc2ccccc2)CP(C)(C)=O)cc1. The number of benzene rings is 2. The van der Waals surface area contributed by atoms with E-state index in [9.17, 15) is 14.6 Å². The first-order chi connectivity index (χ1) is 18.6. The third-order valence-corrected chi connectivity index (χ3v) is 6.47. The molecule has 0 aromatic heterocycles. The van der Waals surface area contributed by atoms with E-state index in [2.05, 4.69) is 27.7 Å². The molecule has 224 valence electrons. The number of ether oxygens (including phenoxy) is 1. The molecule has 2 aromatic carbocycles. The molecule has 7 heteroatoms. The van der Waals surface area contributed by atoms with Crippen LogP contribution in [0.15, 0.2) is 54.6 Å². The number of amides is 1. The van der Waals surface area contributed by atoms with E-state index < -0.39 is 13.0 Å². The molecule has 0 atom stereocenters. The molecule has 0 aliphatic carbocycles. The van der Waals surface area contributed by atoms with E-state index in [1.165, 1.54) is 38.5 Å². The summed E-state index contributed by atoms with van der Waals surface area (Å²) in [5, 5.41) is 10.8. The van der Waals surface area contributed by atoms with Crippen LogP contribution in [0, 0.1) is 0 Å². The van der Waals surface area contributed by atoms with Crippen molar-refractivity contribution in [3.63, 3.8) is 0 Å². The Kier molecular flexibility index (Phi) is 24.9. The molecule has 0 radical (unpaired) electrons. The molecule has 6 nitrogen and oxygen atoms in total. The minimum atomic E-state index is -2.38. The molecule has 0 bridgehead atoms. The molecule has 1 amide bonds. The molecule has 2 rings (SSSR count). The van der Waals surface area contributed by atoms with E-state index >= 15 is 0 Å². The Labute approximate surface area is 240 Å². The highest BCUT2D eigenvalue weighted by Gasteiger charge is 2.21. The maximum Gasteiger partial charge on any atom is 0.260 e. The maximum absolute atomic E-state index is 12.5. The fraction of sp³-hybridized carbons (Fsp3) is 0.594. The average Bonchev–Trinajstić information content (AvgIpc) is 2.93. The van der Waals surface area contributed by atoms with Gasteiger partial charge in [-0.05, 0) is 36.6 Å². The number of carbonyl (C=O) groups excluding carboxylic acids is 1. The molecule has 0 fully saturated rings. The Hall–Kier alpha value is -2.14. The second kappa shape index (κ2) is 24.9. The molecular weight excluding hydrogens is 507 g/mol. The summed E-state index contributed by atoms with van der Waals surface area (Å²) >= 11 is 0. The molecule has 0 saturated carbocycles. The molecule has 39 heavy (non-hydrogen) atoms. The van der Waals surface area contributed by atoms with Crippen LogP contribution in [-0.4, -0.2) is 54.3 Å². The van der Waals surface area contributed by atoms with Crippen molar-refractivity contribution in [2.75, 3.05) is 33.3 Å². The molecule has 0 aliphatic rings. The lowest BCUT2D eigenvalue weighted by Gasteiger charge is -2.26. The van der Waals surface area contributed by atoms with Gasteiger partial charge in [0.25, 0.3) is 5.91 Å². The zero-order chi connectivity index (χ0) is 30.1. The van der Waals surface area contributed by atoms with Crippen molar-refractivity contribution < 1.29 is 19.3 Å². The number of hydrogen-bond donors (Lipinski definition) is 1. The zero-order valence-electron chi connectivity index (χ0n) is 26.3. The van der Waals surface area contributed by atoms with Crippen molar-refractivity contribution in [1.82, 2.24) is 9.96 Å². The zero-order valence-corrected chi connectivity index (χ0v) is 27.2. The lowest BCUT2D eigenvalue weighted by molar-refractivity contribution is -0.169. The number of unbranched alkanes of at least 4 members (excludes halogenated alkanes) is 4. The monoisotopic (exact) mass is 564 g/mol. The number of hydroxylamine groups is 2. The first-order valence-corrected chi connectivity index (χ1v) is 17.3. The highest BCUT2D eigenvalue weighted by atomic mass is 31.2. The minimum Gasteiger partial charge on any atom is -0.497 e. The number of methoxy groups -OCH3 is 1. The van der Waals surface area contributed by atoms with E-state index in [1.807, 2.05) is 68.4 Å². The third kappa shape index (κ3) is 22.4. The van der Waals surface area contributed by atoms with Gasteiger partial charge in [0.05, 0.1) is 33.6 Å². The quantitative estimate of drug-likeness (QED) is 0.114. The Morgan fingerprint density at radius 2 is 1.28 bits per heavy atom. The molecule has 1 N–H and O–H groups in total. The first-order valence-electron chi connectivity index (χ1n) is 14.5. The van der Waals surface area contributed by atoms with Gasteiger partial charge in [0.1, 0.15) is 5.75 Å². The van der Waals surface area contributed by atoms with Gasteiger partial charge in [-0.25, -0.2) is 5.06 Å². The van der Waals surface area contributed by atoms with E-state index in [0.29, 0.717) is 17.9 Å². The van der Waals surface area contributed by atoms with Gasteiger partial charge in [-0.2, -0.15) is 0 Å². The van der Waals surface area contributed by atoms with Crippen molar-refractivity contribution in [2.24, 2.45) is 0 Å². The van der Waals surface area contributed by atoms with E-state index in [4.69, 9.17) is 4.74 Å².